The van der Waals surface area contributed by atoms with Gasteiger partial charge in [-0.15, -0.1) is 0 Å². The van der Waals surface area contributed by atoms with Gasteiger partial charge in [-0.2, -0.15) is 0 Å². The van der Waals surface area contributed by atoms with Gasteiger partial charge in [0.25, 0.3) is 0 Å². The molecule has 6 heteroatoms. The first-order valence-electron chi connectivity index (χ1n) is 15.3. The maximum Gasteiger partial charge on any atom is 0.123 e. The summed E-state index contributed by atoms with van der Waals surface area (Å²) in [6, 6.07) is 28.3. The van der Waals surface area contributed by atoms with Crippen molar-refractivity contribution in [3.63, 3.8) is 0 Å². The quantitative estimate of drug-likeness (QED) is 0.179. The highest BCUT2D eigenvalue weighted by molar-refractivity contribution is 5.94. The van der Waals surface area contributed by atoms with Crippen molar-refractivity contribution in [2.75, 3.05) is 6.54 Å². The third-order valence-corrected chi connectivity index (χ3v) is 9.71. The van der Waals surface area contributed by atoms with Crippen molar-refractivity contribution in [2.45, 2.75) is 44.3 Å². The van der Waals surface area contributed by atoms with E-state index in [1.165, 1.54) is 56.6 Å². The van der Waals surface area contributed by atoms with E-state index in [4.69, 9.17) is 4.98 Å². The number of imidazole rings is 2. The zero-order valence-electron chi connectivity index (χ0n) is 23.7. The van der Waals surface area contributed by atoms with E-state index in [-0.39, 0.29) is 0 Å². The second kappa shape index (κ2) is 9.38. The first-order chi connectivity index (χ1) is 20.6. The van der Waals surface area contributed by atoms with E-state index in [2.05, 4.69) is 105 Å². The molecule has 0 amide bonds. The van der Waals surface area contributed by atoms with Gasteiger partial charge in [-0.05, 0) is 94.6 Å². The Morgan fingerprint density at radius 3 is 1.62 bits per heavy atom. The maximum absolute atomic E-state index is 4.71. The Hall–Kier alpha value is -4.26. The molecule has 1 saturated carbocycles. The van der Waals surface area contributed by atoms with Crippen molar-refractivity contribution in [3.8, 4) is 33.6 Å². The number of fused-ring (bicyclic) bond motifs is 3. The number of hydrogen-bond donors (Lipinski definition) is 4. The summed E-state index contributed by atoms with van der Waals surface area (Å²) >= 11 is 0. The molecule has 4 N–H and O–H groups in total. The van der Waals surface area contributed by atoms with Crippen LogP contribution >= 0.6 is 0 Å². The second-order valence-electron chi connectivity index (χ2n) is 12.8. The molecule has 4 aromatic carbocycles. The third kappa shape index (κ3) is 4.25. The Kier molecular flexibility index (Phi) is 5.44. The van der Waals surface area contributed by atoms with Gasteiger partial charge in [0.2, 0.25) is 0 Å². The topological polar surface area (TPSA) is 81.4 Å². The van der Waals surface area contributed by atoms with Gasteiger partial charge >= 0.3 is 0 Å². The van der Waals surface area contributed by atoms with Crippen molar-refractivity contribution >= 4 is 21.5 Å². The fourth-order valence-electron chi connectivity index (χ4n) is 7.16. The van der Waals surface area contributed by atoms with Crippen LogP contribution in [0.2, 0.25) is 0 Å². The van der Waals surface area contributed by atoms with Gasteiger partial charge < -0.3 is 20.6 Å². The van der Waals surface area contributed by atoms with Crippen LogP contribution in [0.4, 0.5) is 0 Å². The molecule has 3 fully saturated rings. The Morgan fingerprint density at radius 1 is 0.595 bits per heavy atom. The van der Waals surface area contributed by atoms with Gasteiger partial charge in [-0.3, -0.25) is 0 Å². The van der Waals surface area contributed by atoms with Crippen LogP contribution in [0.1, 0.15) is 49.9 Å². The molecular formula is C36H34N6. The largest absolute Gasteiger partial charge is 0.341 e. The highest BCUT2D eigenvalue weighted by atomic mass is 15.1. The molecular weight excluding hydrogens is 516 g/mol. The molecule has 0 spiro atoms. The fraction of sp³-hybridized carbons (Fsp3) is 0.278. The van der Waals surface area contributed by atoms with Crippen molar-refractivity contribution < 1.29 is 0 Å². The van der Waals surface area contributed by atoms with Crippen LogP contribution in [-0.2, 0) is 0 Å². The van der Waals surface area contributed by atoms with E-state index < -0.39 is 0 Å². The molecule has 1 aliphatic carbocycles. The van der Waals surface area contributed by atoms with Crippen molar-refractivity contribution in [1.82, 2.24) is 30.6 Å². The minimum atomic E-state index is 0.327. The molecule has 0 bridgehead atoms. The number of rotatable bonds is 5. The van der Waals surface area contributed by atoms with Crippen LogP contribution in [0.15, 0.2) is 85.2 Å². The maximum atomic E-state index is 4.71. The summed E-state index contributed by atoms with van der Waals surface area (Å²) in [6.07, 6.45) is 7.62. The molecule has 2 aromatic heterocycles. The zero-order valence-corrected chi connectivity index (χ0v) is 23.7. The molecule has 42 heavy (non-hydrogen) atoms. The minimum absolute atomic E-state index is 0.327. The fourth-order valence-corrected chi connectivity index (χ4v) is 7.16. The summed E-state index contributed by atoms with van der Waals surface area (Å²) in [6.45, 7) is 3.35. The number of hydrogen-bond acceptors (Lipinski definition) is 4. The number of H-pyrrole nitrogens is 2. The van der Waals surface area contributed by atoms with Crippen LogP contribution in [0.3, 0.4) is 0 Å². The van der Waals surface area contributed by atoms with E-state index in [0.717, 1.165) is 48.0 Å². The number of benzene rings is 4. The summed E-state index contributed by atoms with van der Waals surface area (Å²) in [4.78, 5) is 16.5. The minimum Gasteiger partial charge on any atom is -0.341 e. The van der Waals surface area contributed by atoms with E-state index in [9.17, 15) is 0 Å². The molecule has 5 atom stereocenters. The van der Waals surface area contributed by atoms with Gasteiger partial charge in [0.1, 0.15) is 11.6 Å². The van der Waals surface area contributed by atoms with Gasteiger partial charge in [-0.1, -0.05) is 55.5 Å². The van der Waals surface area contributed by atoms with E-state index in [1.54, 1.807) is 0 Å². The summed E-state index contributed by atoms with van der Waals surface area (Å²) in [7, 11) is 0. The molecule has 6 aromatic rings. The van der Waals surface area contributed by atoms with Gasteiger partial charge in [-0.25, -0.2) is 9.97 Å². The third-order valence-electron chi connectivity index (χ3n) is 9.71. The van der Waals surface area contributed by atoms with E-state index in [1.807, 2.05) is 12.4 Å². The van der Waals surface area contributed by atoms with Gasteiger partial charge in [0, 0.05) is 17.2 Å². The lowest BCUT2D eigenvalue weighted by Gasteiger charge is -2.10. The number of nitrogens with one attached hydrogen (secondary N) is 4. The van der Waals surface area contributed by atoms with Crippen LogP contribution in [-0.4, -0.2) is 32.5 Å². The first-order valence-corrected chi connectivity index (χ1v) is 15.3. The molecule has 2 aliphatic heterocycles. The van der Waals surface area contributed by atoms with Crippen LogP contribution in [0.25, 0.3) is 55.2 Å². The summed E-state index contributed by atoms with van der Waals surface area (Å²) in [5, 5.41) is 12.2. The van der Waals surface area contributed by atoms with Crippen LogP contribution in [0, 0.1) is 11.8 Å². The molecule has 208 valence electrons. The SMILES string of the molecule is C[C@H]1CNC(c2ncc(-c3ccc4cc(-c5ccc6cc(-c7cnc([C@@H]8C[C@H]9CC9N8)[nH]7)ccc6c5)ccc4c3)[nH]2)C1. The number of nitrogens with zero attached hydrogens (tertiary/aromatic N) is 2. The predicted octanol–water partition coefficient (Wildman–Crippen LogP) is 7.53. The molecule has 9 rings (SSSR count). The summed E-state index contributed by atoms with van der Waals surface area (Å²) in [5.74, 6) is 3.66. The standard InChI is InChI=1S/C36H34N6/c1-20-10-31(37-17-20)35-38-18-33(41-35)27-8-6-23-11-21(2-4-25(23)13-27)22-3-5-26-14-28(9-7-24(26)12-22)34-19-39-36(42-34)32-16-29-15-30(29)40-32/h2-9,11-14,18-20,29-32,37,40H,10,15-17H2,1H3,(H,38,41)(H,39,42)/t20-,29-,30?,31?,32+/m1/s1. The number of aromatic amines is 2. The normalized spacial score (nSPS) is 24.9. The average molecular weight is 551 g/mol. The first kappa shape index (κ1) is 24.3. The lowest BCUT2D eigenvalue weighted by molar-refractivity contribution is 0.543. The van der Waals surface area contributed by atoms with Crippen molar-refractivity contribution in [2.24, 2.45) is 11.8 Å². The van der Waals surface area contributed by atoms with Gasteiger partial charge in [0.05, 0.1) is 35.9 Å². The van der Waals surface area contributed by atoms with Crippen molar-refractivity contribution in [3.05, 3.63) is 96.8 Å². The monoisotopic (exact) mass is 550 g/mol. The molecule has 2 saturated heterocycles. The van der Waals surface area contributed by atoms with Crippen LogP contribution in [0.5, 0.6) is 0 Å². The molecule has 4 heterocycles. The highest BCUT2D eigenvalue weighted by Crippen LogP contribution is 2.45. The Morgan fingerprint density at radius 2 is 1.12 bits per heavy atom. The number of aromatic nitrogens is 4. The Balaban J connectivity index is 0.959. The highest BCUT2D eigenvalue weighted by Gasteiger charge is 2.46. The summed E-state index contributed by atoms with van der Waals surface area (Å²) < 4.78 is 0. The molecule has 2 unspecified atom stereocenters. The Labute approximate surface area is 245 Å². The Bertz CT molecular complexity index is 1830. The smallest absolute Gasteiger partial charge is 0.123 e. The molecule has 0 radical (unpaired) electrons. The second-order valence-corrected chi connectivity index (χ2v) is 12.8. The lowest BCUT2D eigenvalue weighted by Crippen LogP contribution is -2.18. The van der Waals surface area contributed by atoms with E-state index in [0.29, 0.717) is 18.0 Å². The number of piperidine rings is 1. The summed E-state index contributed by atoms with van der Waals surface area (Å²) in [5.41, 5.74) is 6.96. The lowest BCUT2D eigenvalue weighted by atomic mass is 9.97. The zero-order chi connectivity index (χ0) is 27.8. The molecule has 6 nitrogen and oxygen atoms in total. The average Bonchev–Trinajstić information content (AvgIpc) is 3.59. The van der Waals surface area contributed by atoms with Crippen molar-refractivity contribution in [1.29, 1.82) is 0 Å². The van der Waals surface area contributed by atoms with Crippen LogP contribution < -0.4 is 10.6 Å². The molecule has 3 aliphatic rings. The predicted molar refractivity (Wildman–Crippen MR) is 169 cm³/mol. The van der Waals surface area contributed by atoms with E-state index >= 15 is 0 Å². The van der Waals surface area contributed by atoms with Gasteiger partial charge in [0.15, 0.2) is 0 Å².